The fourth-order valence-electron chi connectivity index (χ4n) is 1.42. The molecule has 1 fully saturated rings. The molecule has 0 saturated carbocycles. The summed E-state index contributed by atoms with van der Waals surface area (Å²) in [6.07, 6.45) is 1.97. The van der Waals surface area contributed by atoms with Crippen LogP contribution in [0.25, 0.3) is 0 Å². The molecule has 0 bridgehead atoms. The molecule has 3 amide bonds. The van der Waals surface area contributed by atoms with Crippen LogP contribution < -0.4 is 10.2 Å². The van der Waals surface area contributed by atoms with Gasteiger partial charge in [-0.2, -0.15) is 0 Å². The molecule has 1 aromatic rings. The van der Waals surface area contributed by atoms with E-state index in [4.69, 9.17) is 0 Å². The number of nitrogens with one attached hydrogen (secondary N) is 1. The maximum atomic E-state index is 11.4. The average Bonchev–Trinajstić information content (AvgIpc) is 2.59. The maximum absolute atomic E-state index is 11.4. The van der Waals surface area contributed by atoms with Crippen molar-refractivity contribution in [3.63, 3.8) is 0 Å². The number of urea groups is 1. The Hall–Kier alpha value is -1.49. The summed E-state index contributed by atoms with van der Waals surface area (Å²) in [6.45, 7) is 0.0864. The molecule has 1 aliphatic heterocycles. The molecule has 0 atom stereocenters. The van der Waals surface area contributed by atoms with Crippen molar-refractivity contribution >= 4 is 29.4 Å². The molecule has 1 N–H and O–H groups in total. The van der Waals surface area contributed by atoms with Crippen LogP contribution in [-0.4, -0.2) is 24.7 Å². The summed E-state index contributed by atoms with van der Waals surface area (Å²) in [5, 5.41) is 2.48. The fraction of sp³-hybridized carbons (Fsp3) is 0.200. The third-order valence-corrected chi connectivity index (χ3v) is 2.92. The van der Waals surface area contributed by atoms with E-state index in [0.717, 1.165) is 9.80 Å². The van der Waals surface area contributed by atoms with Gasteiger partial charge in [0.25, 0.3) is 5.91 Å². The van der Waals surface area contributed by atoms with E-state index in [1.54, 1.807) is 23.9 Å². The van der Waals surface area contributed by atoms with Crippen LogP contribution in [0.2, 0.25) is 0 Å². The molecule has 78 valence electrons. The molecule has 5 heteroatoms. The van der Waals surface area contributed by atoms with Crippen molar-refractivity contribution in [3.8, 4) is 0 Å². The molecule has 4 nitrogen and oxygen atoms in total. The van der Waals surface area contributed by atoms with Crippen molar-refractivity contribution in [2.24, 2.45) is 0 Å². The molecular formula is C10H10N2O2S. The number of rotatable bonds is 2. The number of imide groups is 1. The summed E-state index contributed by atoms with van der Waals surface area (Å²) in [4.78, 5) is 25.0. The Balaban J connectivity index is 2.29. The molecule has 0 spiro atoms. The number of thioether (sulfide) groups is 1. The van der Waals surface area contributed by atoms with E-state index >= 15 is 0 Å². The monoisotopic (exact) mass is 222 g/mol. The summed E-state index contributed by atoms with van der Waals surface area (Å²) in [5.41, 5.74) is 0.618. The second-order valence-electron chi connectivity index (χ2n) is 3.09. The van der Waals surface area contributed by atoms with Gasteiger partial charge in [0, 0.05) is 4.90 Å². The summed E-state index contributed by atoms with van der Waals surface area (Å²) in [5.74, 6) is -0.211. The first-order valence-corrected chi connectivity index (χ1v) is 5.69. The predicted molar refractivity (Wildman–Crippen MR) is 59.1 cm³/mol. The molecule has 1 heterocycles. The van der Waals surface area contributed by atoms with Crippen LogP contribution in [0.15, 0.2) is 29.2 Å². The summed E-state index contributed by atoms with van der Waals surface area (Å²) in [6, 6.07) is 6.97. The quantitative estimate of drug-likeness (QED) is 0.609. The Kier molecular flexibility index (Phi) is 2.64. The number of hydrogen-bond acceptors (Lipinski definition) is 3. The van der Waals surface area contributed by atoms with Crippen LogP contribution >= 0.6 is 11.8 Å². The highest BCUT2D eigenvalue weighted by Gasteiger charge is 2.29. The van der Waals surface area contributed by atoms with Gasteiger partial charge in [-0.05, 0) is 30.5 Å². The molecule has 0 aromatic heterocycles. The Morgan fingerprint density at radius 2 is 1.93 bits per heavy atom. The first-order valence-electron chi connectivity index (χ1n) is 4.47. The van der Waals surface area contributed by atoms with Crippen molar-refractivity contribution in [1.82, 2.24) is 5.32 Å². The van der Waals surface area contributed by atoms with Gasteiger partial charge in [-0.15, -0.1) is 11.8 Å². The van der Waals surface area contributed by atoms with Gasteiger partial charge in [0.2, 0.25) is 0 Å². The minimum absolute atomic E-state index is 0.0864. The molecule has 15 heavy (non-hydrogen) atoms. The second-order valence-corrected chi connectivity index (χ2v) is 3.97. The van der Waals surface area contributed by atoms with E-state index in [2.05, 4.69) is 5.32 Å². The van der Waals surface area contributed by atoms with Gasteiger partial charge in [0.15, 0.2) is 0 Å². The van der Waals surface area contributed by atoms with E-state index in [1.807, 2.05) is 18.4 Å². The first-order chi connectivity index (χ1) is 7.22. The van der Waals surface area contributed by atoms with Crippen LogP contribution in [0, 0.1) is 0 Å². The van der Waals surface area contributed by atoms with Crippen molar-refractivity contribution in [2.45, 2.75) is 4.90 Å². The lowest BCUT2D eigenvalue weighted by atomic mass is 10.3. The Labute approximate surface area is 91.6 Å². The lowest BCUT2D eigenvalue weighted by Crippen LogP contribution is -2.30. The van der Waals surface area contributed by atoms with Crippen molar-refractivity contribution < 1.29 is 9.59 Å². The number of nitrogens with zero attached hydrogens (tertiary/aromatic N) is 1. The van der Waals surface area contributed by atoms with Gasteiger partial charge in [-0.25, -0.2) is 9.69 Å². The Morgan fingerprint density at radius 1 is 1.27 bits per heavy atom. The van der Waals surface area contributed by atoms with Gasteiger partial charge in [0.05, 0.1) is 12.2 Å². The van der Waals surface area contributed by atoms with Gasteiger partial charge in [-0.3, -0.25) is 4.79 Å². The zero-order valence-corrected chi connectivity index (χ0v) is 9.00. The first kappa shape index (κ1) is 10.0. The highest BCUT2D eigenvalue weighted by Crippen LogP contribution is 2.21. The zero-order chi connectivity index (χ0) is 10.8. The molecular weight excluding hydrogens is 212 g/mol. The van der Waals surface area contributed by atoms with Crippen LogP contribution in [-0.2, 0) is 4.79 Å². The zero-order valence-electron chi connectivity index (χ0n) is 8.19. The van der Waals surface area contributed by atoms with E-state index in [9.17, 15) is 9.59 Å². The SMILES string of the molecule is CSc1ccc(N2C(=O)CNC2=O)cc1. The van der Waals surface area contributed by atoms with Crippen LogP contribution in [0.5, 0.6) is 0 Å². The van der Waals surface area contributed by atoms with Crippen molar-refractivity contribution in [1.29, 1.82) is 0 Å². The molecule has 0 aliphatic carbocycles. The maximum Gasteiger partial charge on any atom is 0.329 e. The average molecular weight is 222 g/mol. The minimum atomic E-state index is -0.350. The lowest BCUT2D eigenvalue weighted by molar-refractivity contribution is -0.115. The van der Waals surface area contributed by atoms with Gasteiger partial charge < -0.3 is 5.32 Å². The van der Waals surface area contributed by atoms with Crippen LogP contribution in [0.3, 0.4) is 0 Å². The predicted octanol–water partition coefficient (Wildman–Crippen LogP) is 1.46. The Morgan fingerprint density at radius 3 is 2.40 bits per heavy atom. The van der Waals surface area contributed by atoms with Crippen LogP contribution in [0.4, 0.5) is 10.5 Å². The molecule has 1 aliphatic rings. The van der Waals surface area contributed by atoms with Crippen molar-refractivity contribution in [3.05, 3.63) is 24.3 Å². The highest BCUT2D eigenvalue weighted by atomic mass is 32.2. The normalized spacial score (nSPS) is 15.7. The summed E-state index contributed by atoms with van der Waals surface area (Å²) >= 11 is 1.62. The molecule has 0 unspecified atom stereocenters. The van der Waals surface area contributed by atoms with Crippen LogP contribution in [0.1, 0.15) is 0 Å². The largest absolute Gasteiger partial charge is 0.329 e. The molecule has 2 rings (SSSR count). The third-order valence-electron chi connectivity index (χ3n) is 2.17. The number of amides is 3. The fourth-order valence-corrected chi connectivity index (χ4v) is 1.82. The standard InChI is InChI=1S/C10H10N2O2S/c1-15-8-4-2-7(3-5-8)12-9(13)6-11-10(12)14/h2-5H,6H2,1H3,(H,11,14). The smallest absolute Gasteiger partial charge is 0.328 e. The number of benzene rings is 1. The molecule has 1 saturated heterocycles. The molecule has 1 aromatic carbocycles. The van der Waals surface area contributed by atoms with Gasteiger partial charge in [-0.1, -0.05) is 0 Å². The number of carbonyl (C=O) groups excluding carboxylic acids is 2. The summed E-state index contributed by atoms with van der Waals surface area (Å²) in [7, 11) is 0. The summed E-state index contributed by atoms with van der Waals surface area (Å²) < 4.78 is 0. The molecule has 0 radical (unpaired) electrons. The number of anilines is 1. The van der Waals surface area contributed by atoms with E-state index in [0.29, 0.717) is 5.69 Å². The highest BCUT2D eigenvalue weighted by molar-refractivity contribution is 7.98. The Bertz CT molecular complexity index is 386. The van der Waals surface area contributed by atoms with Gasteiger partial charge >= 0.3 is 6.03 Å². The van der Waals surface area contributed by atoms with E-state index < -0.39 is 0 Å². The third kappa shape index (κ3) is 1.83. The number of carbonyl (C=O) groups is 2. The van der Waals surface area contributed by atoms with E-state index in [1.165, 1.54) is 0 Å². The van der Waals surface area contributed by atoms with Crippen molar-refractivity contribution in [2.75, 3.05) is 17.7 Å². The lowest BCUT2D eigenvalue weighted by Gasteiger charge is -2.12. The van der Waals surface area contributed by atoms with Gasteiger partial charge in [0.1, 0.15) is 0 Å². The number of hydrogen-bond donors (Lipinski definition) is 1. The minimum Gasteiger partial charge on any atom is -0.328 e. The topological polar surface area (TPSA) is 49.4 Å². The van der Waals surface area contributed by atoms with E-state index in [-0.39, 0.29) is 18.5 Å². The second kappa shape index (κ2) is 3.94.